The summed E-state index contributed by atoms with van der Waals surface area (Å²) in [6.45, 7) is 4.96. The minimum absolute atomic E-state index is 0. The summed E-state index contributed by atoms with van der Waals surface area (Å²) in [7, 11) is 1.80. The van der Waals surface area contributed by atoms with Gasteiger partial charge in [-0.05, 0) is 18.4 Å². The van der Waals surface area contributed by atoms with E-state index in [-0.39, 0.29) is 24.0 Å². The van der Waals surface area contributed by atoms with Crippen LogP contribution in [0.15, 0.2) is 29.5 Å². The number of guanidine groups is 1. The summed E-state index contributed by atoms with van der Waals surface area (Å²) >= 11 is 1.85. The third-order valence-corrected chi connectivity index (χ3v) is 3.48. The molecule has 1 atom stereocenters. The summed E-state index contributed by atoms with van der Waals surface area (Å²) in [4.78, 5) is 4.19. The molecule has 6 heteroatoms. The van der Waals surface area contributed by atoms with Gasteiger partial charge in [-0.2, -0.15) is 11.8 Å². The van der Waals surface area contributed by atoms with E-state index in [2.05, 4.69) is 45.8 Å². The maximum Gasteiger partial charge on any atom is 0.191 e. The molecule has 0 aliphatic carbocycles. The number of nitrogens with one attached hydrogen (secondary N) is 2. The van der Waals surface area contributed by atoms with Gasteiger partial charge in [-0.15, -0.1) is 24.0 Å². The van der Waals surface area contributed by atoms with E-state index in [1.165, 1.54) is 0 Å². The normalized spacial score (nSPS) is 12.7. The summed E-state index contributed by atoms with van der Waals surface area (Å²) in [5, 5.41) is 7.20. The van der Waals surface area contributed by atoms with Crippen LogP contribution in [0.4, 0.5) is 0 Å². The number of hydrogen-bond donors (Lipinski definition) is 2. The highest BCUT2D eigenvalue weighted by Gasteiger charge is 2.01. The second-order valence-electron chi connectivity index (χ2n) is 3.85. The molecule has 4 nitrogen and oxygen atoms in total. The summed E-state index contributed by atoms with van der Waals surface area (Å²) in [5.74, 6) is 0.873. The molecule has 0 saturated carbocycles. The number of aromatic nitrogens is 1. The predicted molar refractivity (Wildman–Crippen MR) is 92.2 cm³/mol. The number of halogens is 1. The molecule has 1 heterocycles. The van der Waals surface area contributed by atoms with Crippen molar-refractivity contribution in [3.8, 4) is 0 Å². The van der Waals surface area contributed by atoms with E-state index in [1.54, 1.807) is 7.05 Å². The Morgan fingerprint density at radius 3 is 2.56 bits per heavy atom. The van der Waals surface area contributed by atoms with Crippen LogP contribution in [-0.2, 0) is 6.54 Å². The van der Waals surface area contributed by atoms with Gasteiger partial charge in [-0.1, -0.05) is 6.92 Å². The number of nitrogens with zero attached hydrogens (tertiary/aromatic N) is 2. The van der Waals surface area contributed by atoms with Gasteiger partial charge in [-0.3, -0.25) is 4.99 Å². The Kier molecular flexibility index (Phi) is 10.3. The average molecular weight is 382 g/mol. The lowest BCUT2D eigenvalue weighted by Crippen LogP contribution is -2.41. The van der Waals surface area contributed by atoms with Crippen LogP contribution < -0.4 is 10.6 Å². The zero-order valence-electron chi connectivity index (χ0n) is 11.2. The number of hydrogen-bond acceptors (Lipinski definition) is 2. The van der Waals surface area contributed by atoms with E-state index in [0.717, 1.165) is 25.6 Å². The molecule has 0 bridgehead atoms. The third kappa shape index (κ3) is 7.15. The molecule has 18 heavy (non-hydrogen) atoms. The quantitative estimate of drug-likeness (QED) is 0.450. The third-order valence-electron chi connectivity index (χ3n) is 2.51. The largest absolute Gasteiger partial charge is 0.355 e. The van der Waals surface area contributed by atoms with Crippen molar-refractivity contribution in [2.24, 2.45) is 4.99 Å². The molecule has 0 aliphatic rings. The van der Waals surface area contributed by atoms with Crippen LogP contribution >= 0.6 is 35.7 Å². The van der Waals surface area contributed by atoms with E-state index in [0.29, 0.717) is 5.25 Å². The Morgan fingerprint density at radius 2 is 2.00 bits per heavy atom. The molecule has 2 N–H and O–H groups in total. The van der Waals surface area contributed by atoms with Gasteiger partial charge in [0.15, 0.2) is 5.96 Å². The van der Waals surface area contributed by atoms with Gasteiger partial charge in [0.05, 0.1) is 0 Å². The van der Waals surface area contributed by atoms with Crippen LogP contribution in [0.25, 0.3) is 0 Å². The first-order valence-electron chi connectivity index (χ1n) is 5.84. The Labute approximate surface area is 131 Å². The van der Waals surface area contributed by atoms with Crippen molar-refractivity contribution in [3.05, 3.63) is 24.5 Å². The SMILES string of the molecule is CN=C(NCCn1cccc1)NCC(C)SC.I. The van der Waals surface area contributed by atoms with Crippen molar-refractivity contribution >= 4 is 41.7 Å². The molecular weight excluding hydrogens is 359 g/mol. The number of thioether (sulfide) groups is 1. The van der Waals surface area contributed by atoms with Gasteiger partial charge < -0.3 is 15.2 Å². The zero-order valence-corrected chi connectivity index (χ0v) is 14.4. The minimum atomic E-state index is 0. The fraction of sp³-hybridized carbons (Fsp3) is 0.583. The summed E-state index contributed by atoms with van der Waals surface area (Å²) in [5.41, 5.74) is 0. The summed E-state index contributed by atoms with van der Waals surface area (Å²) in [6.07, 6.45) is 6.25. The molecule has 0 saturated heterocycles. The van der Waals surface area contributed by atoms with Crippen molar-refractivity contribution in [1.29, 1.82) is 0 Å². The maximum absolute atomic E-state index is 4.19. The van der Waals surface area contributed by atoms with E-state index in [9.17, 15) is 0 Å². The molecule has 0 fully saturated rings. The van der Waals surface area contributed by atoms with E-state index in [4.69, 9.17) is 0 Å². The second kappa shape index (κ2) is 10.5. The van der Waals surface area contributed by atoms with Gasteiger partial charge in [0.1, 0.15) is 0 Å². The van der Waals surface area contributed by atoms with Crippen molar-refractivity contribution in [3.63, 3.8) is 0 Å². The van der Waals surface area contributed by atoms with Gasteiger partial charge in [0, 0.05) is 44.3 Å². The molecule has 1 unspecified atom stereocenters. The number of rotatable bonds is 6. The maximum atomic E-state index is 4.19. The first kappa shape index (κ1) is 17.6. The molecule has 1 aromatic heterocycles. The van der Waals surface area contributed by atoms with Crippen molar-refractivity contribution in [2.45, 2.75) is 18.7 Å². The van der Waals surface area contributed by atoms with E-state index in [1.807, 2.05) is 23.9 Å². The Morgan fingerprint density at radius 1 is 1.33 bits per heavy atom. The molecule has 1 rings (SSSR count). The Hall–Kier alpha value is -0.370. The van der Waals surface area contributed by atoms with Crippen molar-refractivity contribution in [1.82, 2.24) is 15.2 Å². The first-order chi connectivity index (χ1) is 8.26. The predicted octanol–water partition coefficient (Wildman–Crippen LogP) is 2.02. The topological polar surface area (TPSA) is 41.4 Å². The molecule has 0 aliphatic heterocycles. The van der Waals surface area contributed by atoms with Crippen molar-refractivity contribution in [2.75, 3.05) is 26.4 Å². The van der Waals surface area contributed by atoms with Gasteiger partial charge in [-0.25, -0.2) is 0 Å². The van der Waals surface area contributed by atoms with Crippen LogP contribution in [-0.4, -0.2) is 42.2 Å². The van der Waals surface area contributed by atoms with E-state index < -0.39 is 0 Å². The molecule has 0 radical (unpaired) electrons. The lowest BCUT2D eigenvalue weighted by Gasteiger charge is -2.14. The van der Waals surface area contributed by atoms with Gasteiger partial charge in [0.2, 0.25) is 0 Å². The Bertz CT molecular complexity index is 327. The van der Waals surface area contributed by atoms with Crippen LogP contribution in [0.1, 0.15) is 6.92 Å². The molecular formula is C12H23IN4S. The average Bonchev–Trinajstić information content (AvgIpc) is 2.86. The smallest absolute Gasteiger partial charge is 0.191 e. The minimum Gasteiger partial charge on any atom is -0.355 e. The molecule has 0 amide bonds. The van der Waals surface area contributed by atoms with Gasteiger partial charge in [0.25, 0.3) is 0 Å². The first-order valence-corrected chi connectivity index (χ1v) is 7.13. The van der Waals surface area contributed by atoms with Gasteiger partial charge >= 0.3 is 0 Å². The fourth-order valence-corrected chi connectivity index (χ4v) is 1.62. The molecule has 0 spiro atoms. The van der Waals surface area contributed by atoms with Crippen molar-refractivity contribution < 1.29 is 0 Å². The van der Waals surface area contributed by atoms with Crippen LogP contribution in [0.2, 0.25) is 0 Å². The number of aliphatic imine (C=N–C) groups is 1. The zero-order chi connectivity index (χ0) is 12.5. The molecule has 104 valence electrons. The summed E-state index contributed by atoms with van der Waals surface area (Å²) < 4.78 is 2.14. The molecule has 0 aromatic carbocycles. The Balaban J connectivity index is 0.00000289. The molecule has 1 aromatic rings. The highest BCUT2D eigenvalue weighted by Crippen LogP contribution is 2.01. The standard InChI is InChI=1S/C12H22N4S.HI/c1-11(17-3)10-15-12(13-2)14-6-9-16-7-4-5-8-16;/h4-5,7-8,11H,6,9-10H2,1-3H3,(H2,13,14,15);1H. The van der Waals surface area contributed by atoms with Crippen LogP contribution in [0, 0.1) is 0 Å². The second-order valence-corrected chi connectivity index (χ2v) is 5.12. The highest BCUT2D eigenvalue weighted by atomic mass is 127. The van der Waals surface area contributed by atoms with Crippen LogP contribution in [0.3, 0.4) is 0 Å². The highest BCUT2D eigenvalue weighted by molar-refractivity contribution is 14.0. The fourth-order valence-electron chi connectivity index (χ4n) is 1.37. The lowest BCUT2D eigenvalue weighted by atomic mass is 10.5. The summed E-state index contributed by atoms with van der Waals surface area (Å²) in [6, 6.07) is 4.07. The monoisotopic (exact) mass is 382 g/mol. The van der Waals surface area contributed by atoms with E-state index >= 15 is 0 Å². The lowest BCUT2D eigenvalue weighted by molar-refractivity contribution is 0.665. The van der Waals surface area contributed by atoms with Crippen LogP contribution in [0.5, 0.6) is 0 Å².